The van der Waals surface area contributed by atoms with E-state index in [1.54, 1.807) is 0 Å². The number of carboxylic acid groups (broad SMARTS) is 1. The van der Waals surface area contributed by atoms with E-state index in [4.69, 9.17) is 9.84 Å². The summed E-state index contributed by atoms with van der Waals surface area (Å²) in [4.78, 5) is 23.6. The van der Waals surface area contributed by atoms with Gasteiger partial charge in [-0.1, -0.05) is 0 Å². The monoisotopic (exact) mass is 245 g/mol. The van der Waals surface area contributed by atoms with Crippen molar-refractivity contribution < 1.29 is 24.2 Å². The van der Waals surface area contributed by atoms with Gasteiger partial charge in [0.05, 0.1) is 13.0 Å². The molecule has 1 saturated heterocycles. The molecule has 0 saturated carbocycles. The zero-order valence-corrected chi connectivity index (χ0v) is 10.1. The molecule has 0 radical (unpaired) electrons. The molecule has 0 bridgehead atoms. The van der Waals surface area contributed by atoms with Crippen molar-refractivity contribution in [3.63, 3.8) is 0 Å². The van der Waals surface area contributed by atoms with E-state index in [0.717, 1.165) is 25.9 Å². The molecular formula is C11H19NO5. The number of methoxy groups -OCH3 is 1. The van der Waals surface area contributed by atoms with Gasteiger partial charge >= 0.3 is 11.9 Å². The molecule has 1 aliphatic rings. The number of carbonyl (C=O) groups excluding carboxylic acids is 1. The largest absolute Gasteiger partial charge is 0.481 e. The van der Waals surface area contributed by atoms with Crippen LogP contribution in [0.25, 0.3) is 0 Å². The zero-order valence-electron chi connectivity index (χ0n) is 10.1. The lowest BCUT2D eigenvalue weighted by molar-refractivity contribution is -0.146. The third kappa shape index (κ3) is 5.14. The fraction of sp³-hybridized carbons (Fsp3) is 0.818. The Labute approximate surface area is 100 Å². The number of carbonyl (C=O) groups is 2. The van der Waals surface area contributed by atoms with Crippen LogP contribution in [0.4, 0.5) is 0 Å². The first-order valence-electron chi connectivity index (χ1n) is 5.73. The van der Waals surface area contributed by atoms with Crippen LogP contribution in [0.1, 0.15) is 12.8 Å². The number of esters is 1. The first-order valence-corrected chi connectivity index (χ1v) is 5.73. The Morgan fingerprint density at radius 3 is 2.82 bits per heavy atom. The molecule has 1 aliphatic heterocycles. The standard InChI is InChI=1S/C11H19NO5/c1-16-10(13)8-17-6-2-4-12-5-3-9(7-12)11(14)15/h9H,2-8H2,1H3,(H,14,15). The van der Waals surface area contributed by atoms with Crippen molar-refractivity contribution in [2.45, 2.75) is 12.8 Å². The highest BCUT2D eigenvalue weighted by molar-refractivity contribution is 5.70. The number of carboxylic acids is 1. The van der Waals surface area contributed by atoms with Crippen LogP contribution in [-0.4, -0.2) is 61.9 Å². The Kier molecular flexibility index (Phi) is 5.93. The highest BCUT2D eigenvalue weighted by Gasteiger charge is 2.27. The van der Waals surface area contributed by atoms with Crippen molar-refractivity contribution >= 4 is 11.9 Å². The van der Waals surface area contributed by atoms with Crippen LogP contribution in [0.15, 0.2) is 0 Å². The Balaban J connectivity index is 2.01. The summed E-state index contributed by atoms with van der Waals surface area (Å²) in [5.74, 6) is -1.32. The molecule has 1 heterocycles. The van der Waals surface area contributed by atoms with Gasteiger partial charge in [-0.15, -0.1) is 0 Å². The van der Waals surface area contributed by atoms with Crippen LogP contribution in [0.3, 0.4) is 0 Å². The molecule has 0 spiro atoms. The first kappa shape index (κ1) is 13.9. The van der Waals surface area contributed by atoms with E-state index in [0.29, 0.717) is 13.2 Å². The van der Waals surface area contributed by atoms with Gasteiger partial charge in [-0.25, -0.2) is 4.79 Å². The molecule has 6 heteroatoms. The van der Waals surface area contributed by atoms with Gasteiger partial charge in [-0.05, 0) is 19.4 Å². The maximum absolute atomic E-state index is 10.7. The quantitative estimate of drug-likeness (QED) is 0.501. The average Bonchev–Trinajstić information content (AvgIpc) is 2.77. The van der Waals surface area contributed by atoms with Crippen LogP contribution in [0.5, 0.6) is 0 Å². The lowest BCUT2D eigenvalue weighted by Gasteiger charge is -2.14. The van der Waals surface area contributed by atoms with Crippen LogP contribution in [0.2, 0.25) is 0 Å². The predicted octanol–water partition coefficient (Wildman–Crippen LogP) is -0.0274. The number of rotatable bonds is 7. The lowest BCUT2D eigenvalue weighted by atomic mass is 10.1. The summed E-state index contributed by atoms with van der Waals surface area (Å²) in [6, 6.07) is 0. The number of hydrogen-bond donors (Lipinski definition) is 1. The maximum Gasteiger partial charge on any atom is 0.331 e. The van der Waals surface area contributed by atoms with E-state index in [2.05, 4.69) is 9.64 Å². The summed E-state index contributed by atoms with van der Waals surface area (Å²) in [5, 5.41) is 8.83. The van der Waals surface area contributed by atoms with E-state index >= 15 is 0 Å². The average molecular weight is 245 g/mol. The summed E-state index contributed by atoms with van der Waals surface area (Å²) < 4.78 is 9.53. The fourth-order valence-corrected chi connectivity index (χ4v) is 1.84. The first-order chi connectivity index (χ1) is 8.13. The summed E-state index contributed by atoms with van der Waals surface area (Å²) in [6.07, 6.45) is 1.52. The van der Waals surface area contributed by atoms with Crippen LogP contribution in [-0.2, 0) is 19.1 Å². The fourth-order valence-electron chi connectivity index (χ4n) is 1.84. The summed E-state index contributed by atoms with van der Waals surface area (Å²) >= 11 is 0. The van der Waals surface area contributed by atoms with Crippen LogP contribution >= 0.6 is 0 Å². The molecule has 17 heavy (non-hydrogen) atoms. The number of nitrogens with zero attached hydrogens (tertiary/aromatic N) is 1. The van der Waals surface area contributed by atoms with Crippen molar-refractivity contribution in [1.29, 1.82) is 0 Å². The molecule has 6 nitrogen and oxygen atoms in total. The molecule has 98 valence electrons. The van der Waals surface area contributed by atoms with E-state index in [-0.39, 0.29) is 18.5 Å². The molecule has 1 atom stereocenters. The third-order valence-electron chi connectivity index (χ3n) is 2.83. The number of aliphatic carboxylic acids is 1. The highest BCUT2D eigenvalue weighted by Crippen LogP contribution is 2.16. The van der Waals surface area contributed by atoms with Gasteiger partial charge in [0.1, 0.15) is 6.61 Å². The molecule has 0 amide bonds. The minimum absolute atomic E-state index is 0.0196. The van der Waals surface area contributed by atoms with Crippen LogP contribution < -0.4 is 0 Å². The highest BCUT2D eigenvalue weighted by atomic mass is 16.6. The molecular weight excluding hydrogens is 226 g/mol. The van der Waals surface area contributed by atoms with Gasteiger partial charge in [0.2, 0.25) is 0 Å². The van der Waals surface area contributed by atoms with Gasteiger partial charge in [-0.3, -0.25) is 4.79 Å². The smallest absolute Gasteiger partial charge is 0.331 e. The second kappa shape index (κ2) is 7.24. The van der Waals surface area contributed by atoms with Crippen molar-refractivity contribution in [3.8, 4) is 0 Å². The number of likely N-dealkylation sites (tertiary alicyclic amines) is 1. The second-order valence-electron chi connectivity index (χ2n) is 4.11. The number of hydrogen-bond acceptors (Lipinski definition) is 5. The minimum Gasteiger partial charge on any atom is -0.481 e. The molecule has 1 rings (SSSR count). The van der Waals surface area contributed by atoms with Crippen molar-refractivity contribution in [2.75, 3.05) is 40.0 Å². The Morgan fingerprint density at radius 1 is 1.47 bits per heavy atom. The van der Waals surface area contributed by atoms with Gasteiger partial charge in [0.15, 0.2) is 0 Å². The molecule has 1 unspecified atom stereocenters. The SMILES string of the molecule is COC(=O)COCCCN1CCC(C(=O)O)C1. The molecule has 0 aromatic rings. The lowest BCUT2D eigenvalue weighted by Crippen LogP contribution is -2.25. The molecule has 1 fully saturated rings. The van der Waals surface area contributed by atoms with Crippen molar-refractivity contribution in [3.05, 3.63) is 0 Å². The summed E-state index contributed by atoms with van der Waals surface area (Å²) in [5.41, 5.74) is 0. The van der Waals surface area contributed by atoms with Gasteiger partial charge in [0.25, 0.3) is 0 Å². The Hall–Kier alpha value is -1.14. The van der Waals surface area contributed by atoms with E-state index in [9.17, 15) is 9.59 Å². The van der Waals surface area contributed by atoms with Crippen LogP contribution in [0, 0.1) is 5.92 Å². The van der Waals surface area contributed by atoms with E-state index < -0.39 is 5.97 Å². The molecule has 0 aromatic heterocycles. The topological polar surface area (TPSA) is 76.1 Å². The normalized spacial score (nSPS) is 20.4. The molecule has 0 aliphatic carbocycles. The van der Waals surface area contributed by atoms with E-state index in [1.165, 1.54) is 7.11 Å². The molecule has 0 aromatic carbocycles. The summed E-state index contributed by atoms with van der Waals surface area (Å²) in [6.45, 7) is 2.73. The molecule has 1 N–H and O–H groups in total. The Bertz CT molecular complexity index is 269. The van der Waals surface area contributed by atoms with Crippen molar-refractivity contribution in [2.24, 2.45) is 5.92 Å². The van der Waals surface area contributed by atoms with Gasteiger partial charge in [-0.2, -0.15) is 0 Å². The Morgan fingerprint density at radius 2 is 2.24 bits per heavy atom. The second-order valence-corrected chi connectivity index (χ2v) is 4.11. The zero-order chi connectivity index (χ0) is 12.7. The van der Waals surface area contributed by atoms with Gasteiger partial charge < -0.3 is 19.5 Å². The van der Waals surface area contributed by atoms with Gasteiger partial charge in [0, 0.05) is 19.7 Å². The predicted molar refractivity (Wildman–Crippen MR) is 59.6 cm³/mol. The van der Waals surface area contributed by atoms with E-state index in [1.807, 2.05) is 0 Å². The third-order valence-corrected chi connectivity index (χ3v) is 2.83. The van der Waals surface area contributed by atoms with Crippen molar-refractivity contribution in [1.82, 2.24) is 4.90 Å². The minimum atomic E-state index is -0.713. The number of ether oxygens (including phenoxy) is 2. The maximum atomic E-state index is 10.7. The summed E-state index contributed by atoms with van der Waals surface area (Å²) in [7, 11) is 1.32.